The molecule has 0 unspecified atom stereocenters. The maximum Gasteiger partial charge on any atom is 0.294 e. The fraction of sp³-hybridized carbons (Fsp3) is 0.148. The van der Waals surface area contributed by atoms with E-state index in [0.717, 1.165) is 22.2 Å². The maximum atomic E-state index is 12.9. The number of anilines is 1. The molecule has 38 heavy (non-hydrogen) atoms. The molecule has 0 atom stereocenters. The molecule has 7 nitrogen and oxygen atoms in total. The van der Waals surface area contributed by atoms with Crippen molar-refractivity contribution in [1.29, 1.82) is 0 Å². The third-order valence-electron chi connectivity index (χ3n) is 5.23. The van der Waals surface area contributed by atoms with Crippen LogP contribution in [0.2, 0.25) is 15.1 Å². The van der Waals surface area contributed by atoms with Crippen molar-refractivity contribution in [2.75, 3.05) is 18.5 Å². The first-order chi connectivity index (χ1) is 18.2. The highest BCUT2D eigenvalue weighted by molar-refractivity contribution is 8.18. The number of benzene rings is 3. The minimum Gasteiger partial charge on any atom is -0.490 e. The molecule has 1 aliphatic rings. The van der Waals surface area contributed by atoms with E-state index in [1.54, 1.807) is 48.5 Å². The van der Waals surface area contributed by atoms with Gasteiger partial charge in [0.25, 0.3) is 11.1 Å². The van der Waals surface area contributed by atoms with Gasteiger partial charge in [0.1, 0.15) is 13.2 Å². The van der Waals surface area contributed by atoms with Crippen LogP contribution in [-0.2, 0) is 16.2 Å². The number of hydrogen-bond donors (Lipinski definition) is 1. The predicted molar refractivity (Wildman–Crippen MR) is 151 cm³/mol. The smallest absolute Gasteiger partial charge is 0.294 e. The first-order valence-corrected chi connectivity index (χ1v) is 13.3. The number of rotatable bonds is 9. The topological polar surface area (TPSA) is 84.9 Å². The van der Waals surface area contributed by atoms with Crippen LogP contribution in [0.25, 0.3) is 6.08 Å². The van der Waals surface area contributed by atoms with E-state index in [-0.39, 0.29) is 16.5 Å². The molecule has 3 aromatic carbocycles. The number of carbonyl (C=O) groups excluding carboxylic acids is 3. The molecule has 0 radical (unpaired) electrons. The Kier molecular flexibility index (Phi) is 9.22. The number of carbonyl (C=O) groups is 3. The lowest BCUT2D eigenvalue weighted by molar-refractivity contribution is -0.127. The van der Waals surface area contributed by atoms with Crippen molar-refractivity contribution in [3.8, 4) is 11.5 Å². The number of hydrogen-bond acceptors (Lipinski definition) is 6. The zero-order chi connectivity index (χ0) is 27.2. The van der Waals surface area contributed by atoms with Gasteiger partial charge in [-0.15, -0.1) is 0 Å². The summed E-state index contributed by atoms with van der Waals surface area (Å²) in [4.78, 5) is 38.9. The van der Waals surface area contributed by atoms with Crippen molar-refractivity contribution in [1.82, 2.24) is 4.90 Å². The highest BCUT2D eigenvalue weighted by Gasteiger charge is 2.36. The van der Waals surface area contributed by atoms with Crippen LogP contribution in [-0.4, -0.2) is 35.1 Å². The second-order valence-electron chi connectivity index (χ2n) is 8.00. The van der Waals surface area contributed by atoms with Crippen LogP contribution in [0.4, 0.5) is 10.5 Å². The highest BCUT2D eigenvalue weighted by Crippen LogP contribution is 2.39. The van der Waals surface area contributed by atoms with E-state index in [1.807, 2.05) is 19.1 Å². The normalized spacial score (nSPS) is 14.2. The molecule has 0 aliphatic carbocycles. The van der Waals surface area contributed by atoms with Crippen molar-refractivity contribution < 1.29 is 23.9 Å². The molecule has 11 heteroatoms. The number of nitrogens with one attached hydrogen (secondary N) is 1. The molecule has 1 fully saturated rings. The minimum absolute atomic E-state index is 0.155. The molecule has 1 saturated heterocycles. The molecular formula is C27H21Cl3N2O5S. The zero-order valence-electron chi connectivity index (χ0n) is 20.0. The maximum absolute atomic E-state index is 12.9. The second kappa shape index (κ2) is 12.6. The molecular weight excluding hydrogens is 571 g/mol. The van der Waals surface area contributed by atoms with Crippen LogP contribution in [0.5, 0.6) is 11.5 Å². The predicted octanol–water partition coefficient (Wildman–Crippen LogP) is 7.30. The van der Waals surface area contributed by atoms with Crippen LogP contribution in [0.1, 0.15) is 18.1 Å². The number of nitrogens with zero attached hydrogens (tertiary/aromatic N) is 1. The summed E-state index contributed by atoms with van der Waals surface area (Å²) in [6, 6.07) is 17.0. The molecule has 1 N–H and O–H groups in total. The molecule has 1 aliphatic heterocycles. The third kappa shape index (κ3) is 7.02. The van der Waals surface area contributed by atoms with E-state index in [4.69, 9.17) is 44.3 Å². The fourth-order valence-corrected chi connectivity index (χ4v) is 4.84. The Morgan fingerprint density at radius 2 is 1.63 bits per heavy atom. The molecule has 0 bridgehead atoms. The largest absolute Gasteiger partial charge is 0.490 e. The van der Waals surface area contributed by atoms with Crippen molar-refractivity contribution in [3.63, 3.8) is 0 Å². The van der Waals surface area contributed by atoms with Gasteiger partial charge in [0, 0.05) is 15.7 Å². The molecule has 0 aromatic heterocycles. The van der Waals surface area contributed by atoms with Gasteiger partial charge in [0.2, 0.25) is 5.91 Å². The van der Waals surface area contributed by atoms with Gasteiger partial charge in [0.15, 0.2) is 11.5 Å². The van der Waals surface area contributed by atoms with Gasteiger partial charge in [-0.25, -0.2) is 0 Å². The van der Waals surface area contributed by atoms with E-state index in [1.165, 1.54) is 6.08 Å². The average molecular weight is 592 g/mol. The van der Waals surface area contributed by atoms with Crippen LogP contribution in [0, 0.1) is 0 Å². The molecule has 0 saturated carbocycles. The molecule has 4 rings (SSSR count). The van der Waals surface area contributed by atoms with Crippen LogP contribution in [0.15, 0.2) is 65.6 Å². The Hall–Kier alpha value is -3.17. The molecule has 3 aromatic rings. The summed E-state index contributed by atoms with van der Waals surface area (Å²) in [5, 5.41) is 3.51. The molecule has 3 amide bonds. The number of thioether (sulfide) groups is 1. The Morgan fingerprint density at radius 3 is 2.29 bits per heavy atom. The molecule has 1 heterocycles. The number of amides is 3. The van der Waals surface area contributed by atoms with E-state index in [2.05, 4.69) is 5.32 Å². The monoisotopic (exact) mass is 590 g/mol. The van der Waals surface area contributed by atoms with Gasteiger partial charge in [-0.1, -0.05) is 46.9 Å². The molecule has 0 spiro atoms. The summed E-state index contributed by atoms with van der Waals surface area (Å²) in [6.07, 6.45) is 1.53. The standard InChI is InChI=1S/C27H21Cl3N2O5S/c1-2-36-22-12-17(11-21(30)25(22)37-15-16-3-5-18(28)6-4-16)13-23-26(34)32(27(35)38-23)14-24(33)31-20-9-7-19(29)8-10-20/h3-13H,2,14-15H2,1H3,(H,31,33)/b23-13+. The van der Waals surface area contributed by atoms with E-state index < -0.39 is 23.6 Å². The van der Waals surface area contributed by atoms with Gasteiger partial charge < -0.3 is 14.8 Å². The summed E-state index contributed by atoms with van der Waals surface area (Å²) in [6.45, 7) is 2.00. The SMILES string of the molecule is CCOc1cc(/C=C2/SC(=O)N(CC(=O)Nc3ccc(Cl)cc3)C2=O)cc(Cl)c1OCc1ccc(Cl)cc1. The van der Waals surface area contributed by atoms with Gasteiger partial charge in [-0.2, -0.15) is 0 Å². The van der Waals surface area contributed by atoms with Crippen LogP contribution < -0.4 is 14.8 Å². The Labute approximate surface area is 238 Å². The quantitative estimate of drug-likeness (QED) is 0.263. The van der Waals surface area contributed by atoms with Crippen molar-refractivity contribution >= 4 is 75.4 Å². The summed E-state index contributed by atoms with van der Waals surface area (Å²) in [5.74, 6) is -0.350. The second-order valence-corrected chi connectivity index (χ2v) is 10.3. The van der Waals surface area contributed by atoms with Crippen LogP contribution >= 0.6 is 46.6 Å². The van der Waals surface area contributed by atoms with Gasteiger partial charge >= 0.3 is 0 Å². The number of ether oxygens (including phenoxy) is 2. The first kappa shape index (κ1) is 27.9. The van der Waals surface area contributed by atoms with E-state index in [0.29, 0.717) is 39.4 Å². The van der Waals surface area contributed by atoms with Gasteiger partial charge in [0.05, 0.1) is 16.5 Å². The Bertz CT molecular complexity index is 1400. The van der Waals surface area contributed by atoms with Gasteiger partial charge in [-0.3, -0.25) is 19.3 Å². The lowest BCUT2D eigenvalue weighted by atomic mass is 10.1. The Balaban J connectivity index is 1.48. The zero-order valence-corrected chi connectivity index (χ0v) is 23.1. The lowest BCUT2D eigenvalue weighted by Crippen LogP contribution is -2.36. The fourth-order valence-electron chi connectivity index (χ4n) is 3.48. The number of halogens is 3. The summed E-state index contributed by atoms with van der Waals surface area (Å²) in [5.41, 5.74) is 1.93. The van der Waals surface area contributed by atoms with Crippen LogP contribution in [0.3, 0.4) is 0 Å². The van der Waals surface area contributed by atoms with E-state index >= 15 is 0 Å². The summed E-state index contributed by atoms with van der Waals surface area (Å²) in [7, 11) is 0. The Morgan fingerprint density at radius 1 is 0.974 bits per heavy atom. The summed E-state index contributed by atoms with van der Waals surface area (Å²) < 4.78 is 11.6. The van der Waals surface area contributed by atoms with E-state index in [9.17, 15) is 14.4 Å². The number of imide groups is 1. The van der Waals surface area contributed by atoms with Crippen molar-refractivity contribution in [3.05, 3.63) is 91.8 Å². The first-order valence-electron chi connectivity index (χ1n) is 11.4. The third-order valence-corrected chi connectivity index (χ3v) is 6.92. The highest BCUT2D eigenvalue weighted by atomic mass is 35.5. The molecule has 196 valence electrons. The van der Waals surface area contributed by atoms with Crippen molar-refractivity contribution in [2.24, 2.45) is 0 Å². The summed E-state index contributed by atoms with van der Waals surface area (Å²) >= 11 is 19.0. The van der Waals surface area contributed by atoms with Gasteiger partial charge in [-0.05, 0) is 84.4 Å². The average Bonchev–Trinajstić information content (AvgIpc) is 3.13. The minimum atomic E-state index is -0.580. The lowest BCUT2D eigenvalue weighted by Gasteiger charge is -2.15. The van der Waals surface area contributed by atoms with Crippen molar-refractivity contribution in [2.45, 2.75) is 13.5 Å².